The summed E-state index contributed by atoms with van der Waals surface area (Å²) in [7, 11) is 0. The molecule has 5 nitrogen and oxygen atoms in total. The van der Waals surface area contributed by atoms with E-state index < -0.39 is 0 Å². The van der Waals surface area contributed by atoms with Crippen LogP contribution in [0, 0.1) is 0 Å². The summed E-state index contributed by atoms with van der Waals surface area (Å²) in [4.78, 5) is 7.67. The van der Waals surface area contributed by atoms with Crippen LogP contribution in [-0.2, 0) is 0 Å². The lowest BCUT2D eigenvalue weighted by Crippen LogP contribution is -2.58. The van der Waals surface area contributed by atoms with E-state index in [1.807, 2.05) is 32.9 Å². The van der Waals surface area contributed by atoms with Crippen LogP contribution < -0.4 is 11.5 Å². The van der Waals surface area contributed by atoms with Gasteiger partial charge in [0.2, 0.25) is 0 Å². The second-order valence-corrected chi connectivity index (χ2v) is 10.1. The van der Waals surface area contributed by atoms with E-state index >= 15 is 0 Å². The van der Waals surface area contributed by atoms with Crippen LogP contribution in [0.3, 0.4) is 0 Å². The average molecular weight is 522 g/mol. The summed E-state index contributed by atoms with van der Waals surface area (Å²) >= 11 is 6.48. The highest BCUT2D eigenvalue weighted by Gasteiger charge is 2.33. The van der Waals surface area contributed by atoms with Crippen molar-refractivity contribution in [3.63, 3.8) is 0 Å². The minimum Gasteiger partial charge on any atom is -0.403 e. The van der Waals surface area contributed by atoms with Crippen LogP contribution >= 0.6 is 11.6 Å². The summed E-state index contributed by atoms with van der Waals surface area (Å²) in [6.45, 7) is 22.0. The molecule has 2 aliphatic heterocycles. The molecule has 204 valence electrons. The molecular formula is C29H49ClFN5. The Morgan fingerprint density at radius 1 is 1.08 bits per heavy atom. The van der Waals surface area contributed by atoms with Crippen molar-refractivity contribution in [3.05, 3.63) is 70.5 Å². The number of piperidine rings is 1. The lowest BCUT2D eigenvalue weighted by molar-refractivity contribution is 0.0256. The Morgan fingerprint density at radius 2 is 1.72 bits per heavy atom. The molecule has 1 atom stereocenters. The standard InChI is InChI=1S/C20H36ClN5.C9H13F/c1-4-17-15-25(20(19(21)5-2)13-16(23)14-22)11-12-26(17)18-7-9-24(6-3)10-8-18;1-5-8(4)9(10)6-7(2)3/h5,13-14,17-18H,4,6-12,15,22-23H2,1-3H3;5-6H,1H2,2-4H3/b16-14-,19-5+,20-13+;9-8+. The van der Waals surface area contributed by atoms with E-state index in [1.165, 1.54) is 50.8 Å². The van der Waals surface area contributed by atoms with E-state index in [9.17, 15) is 4.39 Å². The summed E-state index contributed by atoms with van der Waals surface area (Å²) in [5.74, 6) is -0.199. The van der Waals surface area contributed by atoms with Gasteiger partial charge in [-0.1, -0.05) is 49.8 Å². The molecule has 36 heavy (non-hydrogen) atoms. The third-order valence-electron chi connectivity index (χ3n) is 6.91. The number of piperazine rings is 1. The molecule has 0 radical (unpaired) electrons. The predicted molar refractivity (Wildman–Crippen MR) is 155 cm³/mol. The maximum atomic E-state index is 12.8. The molecule has 4 N–H and O–H groups in total. The molecule has 1 unspecified atom stereocenters. The number of likely N-dealkylation sites (tertiary alicyclic amines) is 1. The van der Waals surface area contributed by atoms with Gasteiger partial charge >= 0.3 is 0 Å². The predicted octanol–water partition coefficient (Wildman–Crippen LogP) is 6.03. The van der Waals surface area contributed by atoms with Crippen molar-refractivity contribution in [1.82, 2.24) is 14.7 Å². The van der Waals surface area contributed by atoms with Gasteiger partial charge in [-0.25, -0.2) is 4.39 Å². The van der Waals surface area contributed by atoms with Crippen molar-refractivity contribution in [1.29, 1.82) is 0 Å². The van der Waals surface area contributed by atoms with Crippen molar-refractivity contribution in [2.75, 3.05) is 39.3 Å². The highest BCUT2D eigenvalue weighted by Crippen LogP contribution is 2.28. The molecule has 2 fully saturated rings. The van der Waals surface area contributed by atoms with E-state index in [4.69, 9.17) is 23.1 Å². The first-order chi connectivity index (χ1) is 17.1. The maximum Gasteiger partial charge on any atom is 0.126 e. The Morgan fingerprint density at radius 3 is 2.19 bits per heavy atom. The zero-order chi connectivity index (χ0) is 27.3. The van der Waals surface area contributed by atoms with Crippen molar-refractivity contribution >= 4 is 11.6 Å². The van der Waals surface area contributed by atoms with Crippen LogP contribution in [-0.4, -0.2) is 66.1 Å². The smallest absolute Gasteiger partial charge is 0.126 e. The van der Waals surface area contributed by atoms with E-state index in [0.717, 1.165) is 42.4 Å². The van der Waals surface area contributed by atoms with E-state index in [2.05, 4.69) is 35.1 Å². The first kappa shape index (κ1) is 32.0. The molecule has 0 bridgehead atoms. The molecule has 2 aliphatic rings. The van der Waals surface area contributed by atoms with Gasteiger partial charge in [0.1, 0.15) is 5.83 Å². The first-order valence-electron chi connectivity index (χ1n) is 13.2. The van der Waals surface area contributed by atoms with Crippen molar-refractivity contribution in [2.24, 2.45) is 11.5 Å². The molecule has 0 aromatic heterocycles. The summed E-state index contributed by atoms with van der Waals surface area (Å²) < 4.78 is 12.8. The third-order valence-corrected chi connectivity index (χ3v) is 7.32. The number of rotatable bonds is 8. The normalized spacial score (nSPS) is 21.9. The maximum absolute atomic E-state index is 12.8. The minimum absolute atomic E-state index is 0.199. The first-order valence-corrected chi connectivity index (χ1v) is 13.6. The minimum atomic E-state index is -0.199. The van der Waals surface area contributed by atoms with Gasteiger partial charge in [0.15, 0.2) is 0 Å². The van der Waals surface area contributed by atoms with Gasteiger partial charge in [-0.2, -0.15) is 0 Å². The lowest BCUT2D eigenvalue weighted by atomic mass is 9.98. The fourth-order valence-corrected chi connectivity index (χ4v) is 4.80. The topological polar surface area (TPSA) is 61.8 Å². The fraction of sp³-hybridized carbons (Fsp3) is 0.586. The Bertz CT molecular complexity index is 846. The van der Waals surface area contributed by atoms with Gasteiger partial charge in [-0.3, -0.25) is 4.90 Å². The van der Waals surface area contributed by atoms with Gasteiger partial charge in [0.25, 0.3) is 0 Å². The number of hydrogen-bond acceptors (Lipinski definition) is 5. The van der Waals surface area contributed by atoms with Crippen LogP contribution in [0.1, 0.15) is 60.8 Å². The number of nitrogens with zero attached hydrogens (tertiary/aromatic N) is 3. The quantitative estimate of drug-likeness (QED) is 0.381. The van der Waals surface area contributed by atoms with Gasteiger partial charge in [0, 0.05) is 43.6 Å². The molecule has 0 aromatic carbocycles. The molecule has 2 saturated heterocycles. The van der Waals surface area contributed by atoms with Crippen LogP contribution in [0.5, 0.6) is 0 Å². The second-order valence-electron chi connectivity index (χ2n) is 9.70. The molecule has 0 aromatic rings. The largest absolute Gasteiger partial charge is 0.403 e. The van der Waals surface area contributed by atoms with Crippen LogP contribution in [0.15, 0.2) is 70.5 Å². The van der Waals surface area contributed by atoms with Gasteiger partial charge < -0.3 is 21.3 Å². The molecular weight excluding hydrogens is 473 g/mol. The number of nitrogens with two attached hydrogens (primary N) is 2. The molecule has 2 heterocycles. The average Bonchev–Trinajstić information content (AvgIpc) is 2.90. The Labute approximate surface area is 224 Å². The fourth-order valence-electron chi connectivity index (χ4n) is 4.63. The van der Waals surface area contributed by atoms with Gasteiger partial charge in [-0.15, -0.1) is 0 Å². The number of hydrogen-bond donors (Lipinski definition) is 2. The molecule has 0 aliphatic carbocycles. The summed E-state index contributed by atoms with van der Waals surface area (Å²) in [5.41, 5.74) is 14.6. The van der Waals surface area contributed by atoms with E-state index in [0.29, 0.717) is 23.4 Å². The molecule has 0 spiro atoms. The summed E-state index contributed by atoms with van der Waals surface area (Å²) in [5, 5.41) is 0.731. The third kappa shape index (κ3) is 10.2. The van der Waals surface area contributed by atoms with Crippen molar-refractivity contribution < 1.29 is 4.39 Å². The van der Waals surface area contributed by atoms with Gasteiger partial charge in [-0.05, 0) is 84.3 Å². The monoisotopic (exact) mass is 521 g/mol. The van der Waals surface area contributed by atoms with Crippen LogP contribution in [0.4, 0.5) is 4.39 Å². The zero-order valence-electron chi connectivity index (χ0n) is 23.4. The molecule has 0 saturated carbocycles. The molecule has 0 amide bonds. The zero-order valence-corrected chi connectivity index (χ0v) is 24.1. The van der Waals surface area contributed by atoms with Crippen LogP contribution in [0.25, 0.3) is 0 Å². The molecule has 2 rings (SSSR count). The highest BCUT2D eigenvalue weighted by atomic mass is 35.5. The Kier molecular flexibility index (Phi) is 14.8. The summed E-state index contributed by atoms with van der Waals surface area (Å²) in [6, 6.07) is 1.26. The van der Waals surface area contributed by atoms with Crippen molar-refractivity contribution in [3.8, 4) is 0 Å². The highest BCUT2D eigenvalue weighted by molar-refractivity contribution is 6.31. The van der Waals surface area contributed by atoms with Gasteiger partial charge in [0.05, 0.1) is 10.7 Å². The Balaban J connectivity index is 0.000000548. The number of allylic oxidation sites excluding steroid dienone is 8. The SMILES string of the molecule is C=C/C(C)=C(/F)C=C(C)C.C\C=C(Cl)/C(=C\C(N)=C\N)N1CCN(C2CCN(CC)CC2)C(CC)C1. The second kappa shape index (κ2) is 16.7. The summed E-state index contributed by atoms with van der Waals surface area (Å²) in [6.07, 6.45) is 12.0. The Hall–Kier alpha value is -2.02. The van der Waals surface area contributed by atoms with E-state index in [1.54, 1.807) is 6.92 Å². The number of halogens is 2. The molecule has 7 heteroatoms. The lowest BCUT2D eigenvalue weighted by Gasteiger charge is -2.48. The van der Waals surface area contributed by atoms with Crippen LogP contribution in [0.2, 0.25) is 0 Å². The van der Waals surface area contributed by atoms with E-state index in [-0.39, 0.29) is 5.83 Å². The van der Waals surface area contributed by atoms with Crippen molar-refractivity contribution in [2.45, 2.75) is 72.9 Å².